The average molecular weight is 250 g/mol. The van der Waals surface area contributed by atoms with Gasteiger partial charge in [-0.15, -0.1) is 0 Å². The van der Waals surface area contributed by atoms with Crippen molar-refractivity contribution in [3.8, 4) is 0 Å². The predicted molar refractivity (Wildman–Crippen MR) is 62.4 cm³/mol. The lowest BCUT2D eigenvalue weighted by molar-refractivity contribution is -0.166. The Hall–Kier alpha value is -1.69. The minimum absolute atomic E-state index is 0.489. The molecule has 1 aliphatic heterocycles. The molecule has 18 heavy (non-hydrogen) atoms. The second kappa shape index (κ2) is 5.30. The van der Waals surface area contributed by atoms with Gasteiger partial charge in [0.05, 0.1) is 0 Å². The Morgan fingerprint density at radius 1 is 1.17 bits per heavy atom. The molecule has 0 saturated carbocycles. The van der Waals surface area contributed by atoms with Crippen LogP contribution >= 0.6 is 0 Å². The van der Waals surface area contributed by atoms with E-state index in [4.69, 9.17) is 4.74 Å². The first-order valence-corrected chi connectivity index (χ1v) is 5.57. The van der Waals surface area contributed by atoms with E-state index in [9.17, 15) is 20.1 Å². The third kappa shape index (κ3) is 2.59. The largest absolute Gasteiger partial charge is 0.453 e. The summed E-state index contributed by atoms with van der Waals surface area (Å²) < 4.78 is 4.82. The molecule has 96 valence electrons. The average Bonchev–Trinajstić information content (AvgIpc) is 2.41. The monoisotopic (exact) mass is 250 g/mol. The Labute approximate surface area is 104 Å². The topological polar surface area (TPSA) is 87.0 Å². The van der Waals surface area contributed by atoms with Gasteiger partial charge in [-0.1, -0.05) is 30.3 Å². The number of rotatable bonds is 3. The zero-order chi connectivity index (χ0) is 13.1. The number of cyclic esters (lactones) is 1. The molecule has 1 aliphatic rings. The number of carbonyl (C=O) groups is 1. The number of carbonyl (C=O) groups excluding carboxylic acids is 1. The number of hydrogen-bond acceptors (Lipinski definition) is 5. The molecule has 5 heteroatoms. The van der Waals surface area contributed by atoms with Gasteiger partial charge in [-0.05, 0) is 11.6 Å². The Bertz CT molecular complexity index is 442. The smallest absolute Gasteiger partial charge is 0.330 e. The molecule has 0 radical (unpaired) electrons. The second-order valence-electron chi connectivity index (χ2n) is 4.10. The highest BCUT2D eigenvalue weighted by Crippen LogP contribution is 2.23. The summed E-state index contributed by atoms with van der Waals surface area (Å²) in [6, 6.07) is 8.49. The van der Waals surface area contributed by atoms with Gasteiger partial charge in [0.2, 0.25) is 0 Å². The van der Waals surface area contributed by atoms with Crippen LogP contribution in [0.5, 0.6) is 0 Å². The van der Waals surface area contributed by atoms with Crippen molar-refractivity contribution < 1.29 is 24.9 Å². The third-order valence-electron chi connectivity index (χ3n) is 2.82. The van der Waals surface area contributed by atoms with E-state index in [1.807, 2.05) is 0 Å². The van der Waals surface area contributed by atoms with E-state index in [0.29, 0.717) is 5.56 Å². The van der Waals surface area contributed by atoms with E-state index in [2.05, 4.69) is 0 Å². The maximum atomic E-state index is 11.1. The SMILES string of the molecule is O=C1C=C[C@H](O)[C@H]([C@H](O)[C@H](O)c2ccccc2)O1. The van der Waals surface area contributed by atoms with Crippen LogP contribution in [0.4, 0.5) is 0 Å². The van der Waals surface area contributed by atoms with Gasteiger partial charge in [-0.25, -0.2) is 4.79 Å². The summed E-state index contributed by atoms with van der Waals surface area (Å²) in [7, 11) is 0. The molecular formula is C13H14O5. The van der Waals surface area contributed by atoms with Gasteiger partial charge in [0, 0.05) is 6.08 Å². The number of benzene rings is 1. The zero-order valence-electron chi connectivity index (χ0n) is 9.51. The van der Waals surface area contributed by atoms with Gasteiger partial charge in [-0.2, -0.15) is 0 Å². The van der Waals surface area contributed by atoms with Gasteiger partial charge in [0.1, 0.15) is 18.3 Å². The molecule has 0 aliphatic carbocycles. The molecule has 4 atom stereocenters. The van der Waals surface area contributed by atoms with Crippen molar-refractivity contribution in [1.29, 1.82) is 0 Å². The summed E-state index contributed by atoms with van der Waals surface area (Å²) in [4.78, 5) is 11.1. The summed E-state index contributed by atoms with van der Waals surface area (Å²) >= 11 is 0. The lowest BCUT2D eigenvalue weighted by Crippen LogP contribution is -2.45. The van der Waals surface area contributed by atoms with E-state index in [-0.39, 0.29) is 0 Å². The van der Waals surface area contributed by atoms with Crippen LogP contribution in [0.25, 0.3) is 0 Å². The summed E-state index contributed by atoms with van der Waals surface area (Å²) in [5, 5.41) is 29.5. The van der Waals surface area contributed by atoms with Crippen molar-refractivity contribution in [2.24, 2.45) is 0 Å². The number of aliphatic hydroxyl groups is 3. The first-order chi connectivity index (χ1) is 8.59. The summed E-state index contributed by atoms with van der Waals surface area (Å²) in [5.41, 5.74) is 0.489. The molecule has 0 unspecified atom stereocenters. The lowest BCUT2D eigenvalue weighted by Gasteiger charge is -2.30. The molecule has 0 spiro atoms. The number of ether oxygens (including phenoxy) is 1. The molecule has 1 aromatic carbocycles. The third-order valence-corrected chi connectivity index (χ3v) is 2.82. The normalized spacial score (nSPS) is 26.5. The van der Waals surface area contributed by atoms with E-state index < -0.39 is 30.4 Å². The number of esters is 1. The van der Waals surface area contributed by atoms with Gasteiger partial charge in [0.15, 0.2) is 6.10 Å². The first kappa shape index (κ1) is 12.8. The highest BCUT2D eigenvalue weighted by molar-refractivity contribution is 5.83. The van der Waals surface area contributed by atoms with Crippen LogP contribution in [0.15, 0.2) is 42.5 Å². The maximum absolute atomic E-state index is 11.1. The molecule has 0 aromatic heterocycles. The van der Waals surface area contributed by atoms with E-state index >= 15 is 0 Å². The number of hydrogen-bond donors (Lipinski definition) is 3. The van der Waals surface area contributed by atoms with Crippen molar-refractivity contribution in [2.45, 2.75) is 24.4 Å². The van der Waals surface area contributed by atoms with E-state index in [1.165, 1.54) is 6.08 Å². The predicted octanol–water partition coefficient (Wildman–Crippen LogP) is -0.0766. The molecular weight excluding hydrogens is 236 g/mol. The Kier molecular flexibility index (Phi) is 3.76. The van der Waals surface area contributed by atoms with E-state index in [1.54, 1.807) is 30.3 Å². The summed E-state index contributed by atoms with van der Waals surface area (Å²) in [5.74, 6) is -0.649. The highest BCUT2D eigenvalue weighted by atomic mass is 16.6. The molecule has 3 N–H and O–H groups in total. The molecule has 1 heterocycles. The van der Waals surface area contributed by atoms with Crippen LogP contribution < -0.4 is 0 Å². The van der Waals surface area contributed by atoms with Crippen molar-refractivity contribution >= 4 is 5.97 Å². The Morgan fingerprint density at radius 3 is 2.50 bits per heavy atom. The second-order valence-corrected chi connectivity index (χ2v) is 4.10. The fourth-order valence-corrected chi connectivity index (χ4v) is 1.83. The minimum atomic E-state index is -1.39. The standard InChI is InChI=1S/C13H14O5/c14-9-6-7-10(15)18-13(9)12(17)11(16)8-4-2-1-3-5-8/h1-7,9,11-14,16-17H/t9-,11+,12+,13+/m0/s1. The summed E-state index contributed by atoms with van der Waals surface area (Å²) in [6.45, 7) is 0. The summed E-state index contributed by atoms with van der Waals surface area (Å²) in [6.07, 6.45) is -2.60. The van der Waals surface area contributed by atoms with Crippen LogP contribution in [0.3, 0.4) is 0 Å². The van der Waals surface area contributed by atoms with Crippen molar-refractivity contribution in [1.82, 2.24) is 0 Å². The first-order valence-electron chi connectivity index (χ1n) is 5.57. The van der Waals surface area contributed by atoms with Crippen LogP contribution in [0.2, 0.25) is 0 Å². The minimum Gasteiger partial charge on any atom is -0.453 e. The van der Waals surface area contributed by atoms with Gasteiger partial charge in [0.25, 0.3) is 0 Å². The molecule has 1 aromatic rings. The van der Waals surface area contributed by atoms with Gasteiger partial charge in [-0.3, -0.25) is 0 Å². The number of aliphatic hydroxyl groups excluding tert-OH is 3. The molecule has 0 amide bonds. The van der Waals surface area contributed by atoms with Crippen LogP contribution in [0.1, 0.15) is 11.7 Å². The highest BCUT2D eigenvalue weighted by Gasteiger charge is 2.36. The Balaban J connectivity index is 2.14. The Morgan fingerprint density at radius 2 is 1.83 bits per heavy atom. The van der Waals surface area contributed by atoms with Crippen molar-refractivity contribution in [3.05, 3.63) is 48.0 Å². The van der Waals surface area contributed by atoms with Crippen molar-refractivity contribution in [2.75, 3.05) is 0 Å². The van der Waals surface area contributed by atoms with Gasteiger partial charge >= 0.3 is 5.97 Å². The molecule has 5 nitrogen and oxygen atoms in total. The maximum Gasteiger partial charge on any atom is 0.330 e. The van der Waals surface area contributed by atoms with Crippen LogP contribution in [-0.4, -0.2) is 39.6 Å². The molecule has 0 saturated heterocycles. The molecule has 0 bridgehead atoms. The lowest BCUT2D eigenvalue weighted by atomic mass is 9.96. The van der Waals surface area contributed by atoms with Gasteiger partial charge < -0.3 is 20.1 Å². The fraction of sp³-hybridized carbons (Fsp3) is 0.308. The van der Waals surface area contributed by atoms with Crippen molar-refractivity contribution in [3.63, 3.8) is 0 Å². The van der Waals surface area contributed by atoms with E-state index in [0.717, 1.165) is 6.08 Å². The molecule has 0 fully saturated rings. The molecule has 2 rings (SSSR count). The van der Waals surface area contributed by atoms with Crippen LogP contribution in [0, 0.1) is 0 Å². The van der Waals surface area contributed by atoms with Crippen LogP contribution in [-0.2, 0) is 9.53 Å². The fourth-order valence-electron chi connectivity index (χ4n) is 1.83. The quantitative estimate of drug-likeness (QED) is 0.653. The zero-order valence-corrected chi connectivity index (χ0v) is 9.51.